The summed E-state index contributed by atoms with van der Waals surface area (Å²) in [5.74, 6) is 0.625. The monoisotopic (exact) mass is 389 g/mol. The number of ether oxygens (including phenoxy) is 1. The standard InChI is InChI=1S/C19H19N3O2S.ClH/c23-11-19-21-10-17(25-19)15-9-18(22-16-7-2-1-6-14(15)16)24-12-13-5-3-4-8-20-13;/h3-5,8-10,23H,1-2,6-7,11-12H2;1H. The molecule has 1 aliphatic rings. The molecule has 1 N–H and O–H groups in total. The maximum absolute atomic E-state index is 9.31. The topological polar surface area (TPSA) is 68.1 Å². The summed E-state index contributed by atoms with van der Waals surface area (Å²) in [6, 6.07) is 7.78. The summed E-state index contributed by atoms with van der Waals surface area (Å²) in [7, 11) is 0. The summed E-state index contributed by atoms with van der Waals surface area (Å²) in [5, 5.41) is 10.0. The minimum atomic E-state index is -0.0268. The van der Waals surface area contributed by atoms with Gasteiger partial charge in [-0.2, -0.15) is 0 Å². The van der Waals surface area contributed by atoms with Crippen LogP contribution in [-0.4, -0.2) is 20.1 Å². The lowest BCUT2D eigenvalue weighted by Gasteiger charge is -2.19. The van der Waals surface area contributed by atoms with Crippen LogP contribution in [0.5, 0.6) is 5.88 Å². The summed E-state index contributed by atoms with van der Waals surface area (Å²) < 4.78 is 5.91. The van der Waals surface area contributed by atoms with Gasteiger partial charge in [0.1, 0.15) is 11.6 Å². The van der Waals surface area contributed by atoms with Gasteiger partial charge in [0.05, 0.1) is 17.2 Å². The first-order valence-electron chi connectivity index (χ1n) is 8.45. The second-order valence-electron chi connectivity index (χ2n) is 6.03. The second-order valence-corrected chi connectivity index (χ2v) is 7.14. The Balaban J connectivity index is 0.00000196. The van der Waals surface area contributed by atoms with Crippen LogP contribution in [0.1, 0.15) is 34.8 Å². The number of thiazole rings is 1. The Bertz CT molecular complexity index is 870. The predicted molar refractivity (Wildman–Crippen MR) is 104 cm³/mol. The van der Waals surface area contributed by atoms with E-state index in [1.54, 1.807) is 6.20 Å². The largest absolute Gasteiger partial charge is 0.471 e. The Labute approximate surface area is 162 Å². The van der Waals surface area contributed by atoms with E-state index < -0.39 is 0 Å². The maximum atomic E-state index is 9.31. The molecule has 0 atom stereocenters. The Morgan fingerprint density at radius 1 is 1.15 bits per heavy atom. The summed E-state index contributed by atoms with van der Waals surface area (Å²) in [4.78, 5) is 14.4. The van der Waals surface area contributed by atoms with Crippen molar-refractivity contribution in [1.82, 2.24) is 15.0 Å². The van der Waals surface area contributed by atoms with Crippen LogP contribution in [0.15, 0.2) is 36.7 Å². The normalized spacial score (nSPS) is 13.0. The molecule has 0 spiro atoms. The van der Waals surface area contributed by atoms with Crippen molar-refractivity contribution in [3.63, 3.8) is 0 Å². The fourth-order valence-corrected chi connectivity index (χ4v) is 3.93. The first kappa shape index (κ1) is 18.8. The summed E-state index contributed by atoms with van der Waals surface area (Å²) in [6.07, 6.45) is 7.95. The molecule has 0 radical (unpaired) electrons. The van der Waals surface area contributed by atoms with E-state index in [1.165, 1.54) is 23.3 Å². The zero-order valence-corrected chi connectivity index (χ0v) is 15.9. The van der Waals surface area contributed by atoms with Crippen molar-refractivity contribution in [2.75, 3.05) is 0 Å². The molecule has 0 amide bonds. The van der Waals surface area contributed by atoms with Gasteiger partial charge >= 0.3 is 0 Å². The van der Waals surface area contributed by atoms with Crippen LogP contribution in [0, 0.1) is 0 Å². The Hall–Kier alpha value is -2.02. The van der Waals surface area contributed by atoms with Crippen LogP contribution in [0.3, 0.4) is 0 Å². The van der Waals surface area contributed by atoms with Crippen molar-refractivity contribution in [3.05, 3.63) is 58.6 Å². The quantitative estimate of drug-likeness (QED) is 0.715. The molecule has 1 aliphatic carbocycles. The van der Waals surface area contributed by atoms with Gasteiger partial charge in [-0.15, -0.1) is 23.7 Å². The van der Waals surface area contributed by atoms with Gasteiger partial charge < -0.3 is 9.84 Å². The van der Waals surface area contributed by atoms with Crippen LogP contribution in [0.4, 0.5) is 0 Å². The number of aromatic nitrogens is 3. The molecule has 26 heavy (non-hydrogen) atoms. The van der Waals surface area contributed by atoms with E-state index >= 15 is 0 Å². The molecule has 5 nitrogen and oxygen atoms in total. The number of aliphatic hydroxyl groups is 1. The minimum absolute atomic E-state index is 0. The first-order chi connectivity index (χ1) is 12.3. The predicted octanol–water partition coefficient (Wildman–Crippen LogP) is 3.97. The lowest BCUT2D eigenvalue weighted by molar-refractivity contribution is 0.281. The highest BCUT2D eigenvalue weighted by molar-refractivity contribution is 7.15. The second kappa shape index (κ2) is 8.58. The molecule has 7 heteroatoms. The van der Waals surface area contributed by atoms with Gasteiger partial charge in [-0.25, -0.2) is 9.97 Å². The highest BCUT2D eigenvalue weighted by Crippen LogP contribution is 2.36. The lowest BCUT2D eigenvalue weighted by atomic mass is 9.92. The van der Waals surface area contributed by atoms with E-state index in [9.17, 15) is 5.11 Å². The third-order valence-corrected chi connectivity index (χ3v) is 5.34. The number of aryl methyl sites for hydroxylation is 1. The van der Waals surface area contributed by atoms with E-state index in [-0.39, 0.29) is 19.0 Å². The van der Waals surface area contributed by atoms with E-state index in [1.807, 2.05) is 30.5 Å². The van der Waals surface area contributed by atoms with Gasteiger partial charge in [0.25, 0.3) is 0 Å². The van der Waals surface area contributed by atoms with Crippen LogP contribution in [-0.2, 0) is 26.1 Å². The minimum Gasteiger partial charge on any atom is -0.471 e. The highest BCUT2D eigenvalue weighted by atomic mass is 35.5. The van der Waals surface area contributed by atoms with Gasteiger partial charge in [0.15, 0.2) is 0 Å². The first-order valence-corrected chi connectivity index (χ1v) is 9.26. The summed E-state index contributed by atoms with van der Waals surface area (Å²) in [6.45, 7) is 0.373. The maximum Gasteiger partial charge on any atom is 0.214 e. The van der Waals surface area contributed by atoms with Gasteiger partial charge in [-0.3, -0.25) is 4.98 Å². The molecular weight excluding hydrogens is 370 g/mol. The number of fused-ring (bicyclic) bond motifs is 1. The molecule has 0 aliphatic heterocycles. The van der Waals surface area contributed by atoms with Crippen molar-refractivity contribution in [3.8, 4) is 16.3 Å². The highest BCUT2D eigenvalue weighted by Gasteiger charge is 2.19. The van der Waals surface area contributed by atoms with Crippen LogP contribution in [0.2, 0.25) is 0 Å². The molecular formula is C19H20ClN3O2S. The molecule has 3 aromatic heterocycles. The molecule has 4 rings (SSSR count). The number of nitrogens with zero attached hydrogens (tertiary/aromatic N) is 3. The molecule has 0 fully saturated rings. The Kier molecular flexibility index (Phi) is 6.19. The van der Waals surface area contributed by atoms with Crippen molar-refractivity contribution in [2.45, 2.75) is 38.9 Å². The smallest absolute Gasteiger partial charge is 0.214 e. The molecule has 3 aromatic rings. The Morgan fingerprint density at radius 3 is 2.81 bits per heavy atom. The average molecular weight is 390 g/mol. The lowest BCUT2D eigenvalue weighted by Crippen LogP contribution is -2.09. The zero-order valence-electron chi connectivity index (χ0n) is 14.2. The molecule has 136 valence electrons. The molecule has 0 aromatic carbocycles. The average Bonchev–Trinajstić information content (AvgIpc) is 3.15. The molecule has 0 saturated heterocycles. The van der Waals surface area contributed by atoms with Crippen molar-refractivity contribution in [2.24, 2.45) is 0 Å². The van der Waals surface area contributed by atoms with Crippen LogP contribution >= 0.6 is 23.7 Å². The number of pyridine rings is 2. The summed E-state index contributed by atoms with van der Waals surface area (Å²) in [5.41, 5.74) is 4.44. The van der Waals surface area contributed by atoms with Gasteiger partial charge in [0.2, 0.25) is 5.88 Å². The number of halogens is 1. The zero-order chi connectivity index (χ0) is 17.1. The van der Waals surface area contributed by atoms with Crippen molar-refractivity contribution < 1.29 is 9.84 Å². The molecule has 3 heterocycles. The van der Waals surface area contributed by atoms with E-state index in [0.717, 1.165) is 46.1 Å². The van der Waals surface area contributed by atoms with Crippen LogP contribution < -0.4 is 4.74 Å². The third kappa shape index (κ3) is 4.03. The van der Waals surface area contributed by atoms with Crippen molar-refractivity contribution in [1.29, 1.82) is 0 Å². The number of aliphatic hydroxyl groups excluding tert-OH is 1. The fourth-order valence-electron chi connectivity index (χ4n) is 3.11. The van der Waals surface area contributed by atoms with Gasteiger partial charge in [-0.1, -0.05) is 6.07 Å². The third-order valence-electron chi connectivity index (χ3n) is 4.33. The molecule has 0 unspecified atom stereocenters. The van der Waals surface area contributed by atoms with Gasteiger partial charge in [0, 0.05) is 29.7 Å². The summed E-state index contributed by atoms with van der Waals surface area (Å²) >= 11 is 1.53. The Morgan fingerprint density at radius 2 is 2.04 bits per heavy atom. The van der Waals surface area contributed by atoms with E-state index in [0.29, 0.717) is 12.5 Å². The van der Waals surface area contributed by atoms with E-state index in [2.05, 4.69) is 9.97 Å². The number of hydrogen-bond acceptors (Lipinski definition) is 6. The number of hydrogen-bond donors (Lipinski definition) is 1. The van der Waals surface area contributed by atoms with Crippen molar-refractivity contribution >= 4 is 23.7 Å². The molecule has 0 bridgehead atoms. The van der Waals surface area contributed by atoms with Crippen LogP contribution in [0.25, 0.3) is 10.4 Å². The number of rotatable bonds is 5. The molecule has 0 saturated carbocycles. The fraction of sp³-hybridized carbons (Fsp3) is 0.316. The van der Waals surface area contributed by atoms with Gasteiger partial charge in [-0.05, 0) is 43.4 Å². The van der Waals surface area contributed by atoms with E-state index in [4.69, 9.17) is 9.72 Å². The SMILES string of the molecule is Cl.OCc1ncc(-c2cc(OCc3ccccn3)nc3c2CCCC3)s1.